The molecule has 2 amide bonds. The number of carbonyl (C=O) groups is 2. The number of piperidine rings is 1. The largest absolute Gasteiger partial charge is 0.497 e. The van der Waals surface area contributed by atoms with E-state index in [0.29, 0.717) is 36.6 Å². The van der Waals surface area contributed by atoms with Crippen molar-refractivity contribution in [3.8, 4) is 11.5 Å². The number of nitrogens with zero attached hydrogens (tertiary/aromatic N) is 1. The molecule has 0 radical (unpaired) electrons. The molecule has 0 unspecified atom stereocenters. The molecule has 182 valence electrons. The standard InChI is InChI=1S/C29H32N2O4/c1-20-8-7-11-22(16-20)26-15-12-23(19-31(26)28(32)17-21-9-5-4-6-10-21)29(33)30-25-14-13-24(34-2)18-27(25)35-3/h4-11,13-14,16,18,23,26H,12,15,17,19H2,1-3H3,(H,30,33)/t23-,26-/m0/s1. The van der Waals surface area contributed by atoms with Crippen molar-refractivity contribution in [3.05, 3.63) is 89.5 Å². The van der Waals surface area contributed by atoms with E-state index >= 15 is 0 Å². The molecule has 1 heterocycles. The van der Waals surface area contributed by atoms with Gasteiger partial charge in [0.15, 0.2) is 0 Å². The van der Waals surface area contributed by atoms with Gasteiger partial charge >= 0.3 is 0 Å². The van der Waals surface area contributed by atoms with Gasteiger partial charge in [0.25, 0.3) is 0 Å². The smallest absolute Gasteiger partial charge is 0.229 e. The average Bonchev–Trinajstić information content (AvgIpc) is 2.89. The van der Waals surface area contributed by atoms with Crippen LogP contribution in [0.1, 0.15) is 35.6 Å². The van der Waals surface area contributed by atoms with Crippen LogP contribution in [0.3, 0.4) is 0 Å². The SMILES string of the molecule is COc1ccc(NC(=O)[C@H]2CC[C@@H](c3cccc(C)c3)N(C(=O)Cc3ccccc3)C2)c(OC)c1. The lowest BCUT2D eigenvalue weighted by Crippen LogP contribution is -2.46. The van der Waals surface area contributed by atoms with Gasteiger partial charge in [-0.2, -0.15) is 0 Å². The molecule has 1 saturated heterocycles. The van der Waals surface area contributed by atoms with Crippen LogP contribution in [-0.4, -0.2) is 37.5 Å². The number of likely N-dealkylation sites (tertiary alicyclic amines) is 1. The fourth-order valence-corrected chi connectivity index (χ4v) is 4.69. The third-order valence-corrected chi connectivity index (χ3v) is 6.56. The molecule has 0 aliphatic carbocycles. The maximum atomic E-state index is 13.5. The van der Waals surface area contributed by atoms with Crippen molar-refractivity contribution >= 4 is 17.5 Å². The zero-order valence-corrected chi connectivity index (χ0v) is 20.5. The topological polar surface area (TPSA) is 67.9 Å². The molecular formula is C29H32N2O4. The van der Waals surface area contributed by atoms with Crippen LogP contribution in [-0.2, 0) is 16.0 Å². The molecule has 1 N–H and O–H groups in total. The molecule has 6 nitrogen and oxygen atoms in total. The molecule has 0 saturated carbocycles. The maximum Gasteiger partial charge on any atom is 0.229 e. The molecule has 3 aromatic carbocycles. The number of ether oxygens (including phenoxy) is 2. The van der Waals surface area contributed by atoms with Gasteiger partial charge in [-0.05, 0) is 43.0 Å². The minimum Gasteiger partial charge on any atom is -0.497 e. The van der Waals surface area contributed by atoms with E-state index in [1.54, 1.807) is 32.4 Å². The maximum absolute atomic E-state index is 13.5. The summed E-state index contributed by atoms with van der Waals surface area (Å²) < 4.78 is 10.7. The quantitative estimate of drug-likeness (QED) is 0.515. The number of hydrogen-bond donors (Lipinski definition) is 1. The first-order valence-corrected chi connectivity index (χ1v) is 11.9. The normalized spacial score (nSPS) is 17.5. The van der Waals surface area contributed by atoms with Crippen molar-refractivity contribution in [3.63, 3.8) is 0 Å². The number of carbonyl (C=O) groups excluding carboxylic acids is 2. The minimum absolute atomic E-state index is 0.0298. The Morgan fingerprint density at radius 2 is 1.74 bits per heavy atom. The van der Waals surface area contributed by atoms with Crippen LogP contribution in [0.2, 0.25) is 0 Å². The summed E-state index contributed by atoms with van der Waals surface area (Å²) in [5, 5.41) is 3.00. The van der Waals surface area contributed by atoms with Crippen molar-refractivity contribution in [2.75, 3.05) is 26.1 Å². The highest BCUT2D eigenvalue weighted by Gasteiger charge is 2.35. The van der Waals surface area contributed by atoms with E-state index in [2.05, 4.69) is 30.4 Å². The monoisotopic (exact) mass is 472 g/mol. The van der Waals surface area contributed by atoms with E-state index in [9.17, 15) is 9.59 Å². The van der Waals surface area contributed by atoms with Crippen LogP contribution in [0.15, 0.2) is 72.8 Å². The summed E-state index contributed by atoms with van der Waals surface area (Å²) in [5.74, 6) is 0.776. The highest BCUT2D eigenvalue weighted by molar-refractivity contribution is 5.94. The van der Waals surface area contributed by atoms with Gasteiger partial charge in [0, 0.05) is 12.6 Å². The predicted molar refractivity (Wildman–Crippen MR) is 137 cm³/mol. The lowest BCUT2D eigenvalue weighted by atomic mass is 9.87. The van der Waals surface area contributed by atoms with E-state index in [1.807, 2.05) is 41.3 Å². The van der Waals surface area contributed by atoms with Gasteiger partial charge in [0.2, 0.25) is 11.8 Å². The van der Waals surface area contributed by atoms with Crippen molar-refractivity contribution in [1.29, 1.82) is 0 Å². The Hall–Kier alpha value is -3.80. The minimum atomic E-state index is -0.317. The first-order valence-electron chi connectivity index (χ1n) is 11.9. The Morgan fingerprint density at radius 3 is 2.46 bits per heavy atom. The molecule has 3 aromatic rings. The number of hydrogen-bond acceptors (Lipinski definition) is 4. The summed E-state index contributed by atoms with van der Waals surface area (Å²) in [4.78, 5) is 28.7. The Balaban J connectivity index is 1.55. The highest BCUT2D eigenvalue weighted by atomic mass is 16.5. The molecule has 2 atom stereocenters. The average molecular weight is 473 g/mol. The van der Waals surface area contributed by atoms with E-state index < -0.39 is 0 Å². The zero-order chi connectivity index (χ0) is 24.8. The van der Waals surface area contributed by atoms with Crippen molar-refractivity contribution in [2.24, 2.45) is 5.92 Å². The van der Waals surface area contributed by atoms with Crippen LogP contribution in [0, 0.1) is 12.8 Å². The summed E-state index contributed by atoms with van der Waals surface area (Å²) in [6, 6.07) is 23.3. The van der Waals surface area contributed by atoms with E-state index in [0.717, 1.165) is 23.1 Å². The zero-order valence-electron chi connectivity index (χ0n) is 20.5. The number of aryl methyl sites for hydroxylation is 1. The van der Waals surface area contributed by atoms with Gasteiger partial charge in [-0.25, -0.2) is 0 Å². The summed E-state index contributed by atoms with van der Waals surface area (Å²) in [6.45, 7) is 2.43. The van der Waals surface area contributed by atoms with Gasteiger partial charge in [-0.15, -0.1) is 0 Å². The molecule has 35 heavy (non-hydrogen) atoms. The molecular weight excluding hydrogens is 440 g/mol. The lowest BCUT2D eigenvalue weighted by molar-refractivity contribution is -0.137. The second-order valence-electron chi connectivity index (χ2n) is 8.97. The third-order valence-electron chi connectivity index (χ3n) is 6.56. The first-order chi connectivity index (χ1) is 17.0. The van der Waals surface area contributed by atoms with E-state index in [1.165, 1.54) is 0 Å². The van der Waals surface area contributed by atoms with E-state index in [4.69, 9.17) is 9.47 Å². The van der Waals surface area contributed by atoms with Crippen molar-refractivity contribution in [1.82, 2.24) is 4.90 Å². The van der Waals surface area contributed by atoms with Gasteiger partial charge in [0.05, 0.1) is 38.3 Å². The number of benzene rings is 3. The number of nitrogens with one attached hydrogen (secondary N) is 1. The highest BCUT2D eigenvalue weighted by Crippen LogP contribution is 2.36. The molecule has 1 fully saturated rings. The van der Waals surface area contributed by atoms with Crippen LogP contribution >= 0.6 is 0 Å². The fourth-order valence-electron chi connectivity index (χ4n) is 4.69. The molecule has 6 heteroatoms. The fraction of sp³-hybridized carbons (Fsp3) is 0.310. The second kappa shape index (κ2) is 11.1. The van der Waals surface area contributed by atoms with Crippen LogP contribution < -0.4 is 14.8 Å². The summed E-state index contributed by atoms with van der Waals surface area (Å²) in [5.41, 5.74) is 3.82. The number of rotatable bonds is 7. The molecule has 0 aromatic heterocycles. The summed E-state index contributed by atoms with van der Waals surface area (Å²) in [6.07, 6.45) is 1.73. The number of anilines is 1. The summed E-state index contributed by atoms with van der Waals surface area (Å²) >= 11 is 0. The van der Waals surface area contributed by atoms with Crippen molar-refractivity contribution in [2.45, 2.75) is 32.2 Å². The number of methoxy groups -OCH3 is 2. The van der Waals surface area contributed by atoms with Gasteiger partial charge in [-0.1, -0.05) is 60.2 Å². The Morgan fingerprint density at radius 1 is 0.943 bits per heavy atom. The first kappa shape index (κ1) is 24.3. The summed E-state index contributed by atoms with van der Waals surface area (Å²) in [7, 11) is 3.14. The Bertz CT molecular complexity index is 1180. The molecule has 1 aliphatic heterocycles. The van der Waals surface area contributed by atoms with Gasteiger partial charge in [0.1, 0.15) is 11.5 Å². The second-order valence-corrected chi connectivity index (χ2v) is 8.97. The Labute approximate surface area is 206 Å². The predicted octanol–water partition coefficient (Wildman–Crippen LogP) is 5.17. The van der Waals surface area contributed by atoms with Crippen LogP contribution in [0.4, 0.5) is 5.69 Å². The van der Waals surface area contributed by atoms with Gasteiger partial charge < -0.3 is 19.7 Å². The van der Waals surface area contributed by atoms with Crippen molar-refractivity contribution < 1.29 is 19.1 Å². The third kappa shape index (κ3) is 5.83. The Kier molecular flexibility index (Phi) is 7.70. The van der Waals surface area contributed by atoms with E-state index in [-0.39, 0.29) is 23.8 Å². The van der Waals surface area contributed by atoms with Crippen LogP contribution in [0.5, 0.6) is 11.5 Å². The number of amides is 2. The molecule has 1 aliphatic rings. The lowest BCUT2D eigenvalue weighted by Gasteiger charge is -2.40. The molecule has 4 rings (SSSR count). The van der Waals surface area contributed by atoms with Gasteiger partial charge in [-0.3, -0.25) is 9.59 Å². The van der Waals surface area contributed by atoms with Crippen LogP contribution in [0.25, 0.3) is 0 Å². The molecule has 0 bridgehead atoms. The molecule has 0 spiro atoms.